The Labute approximate surface area is 92.2 Å². The zero-order valence-electron chi connectivity index (χ0n) is 10.2. The average molecular weight is 213 g/mol. The molecule has 0 aromatic rings. The largest absolute Gasteiger partial charge is 0.368 e. The fraction of sp³-hybridized carbons (Fsp3) is 0.909. The number of nitrogens with one attached hydrogen (secondary N) is 1. The van der Waals surface area contributed by atoms with Crippen molar-refractivity contribution in [3.8, 4) is 0 Å². The van der Waals surface area contributed by atoms with Gasteiger partial charge in [-0.15, -0.1) is 0 Å². The van der Waals surface area contributed by atoms with Crippen molar-refractivity contribution in [1.29, 1.82) is 0 Å². The topological polar surface area (TPSA) is 58.4 Å². The summed E-state index contributed by atoms with van der Waals surface area (Å²) in [4.78, 5) is 13.9. The molecule has 1 aliphatic heterocycles. The third-order valence-electron chi connectivity index (χ3n) is 3.32. The van der Waals surface area contributed by atoms with Crippen LogP contribution in [0.5, 0.6) is 0 Å². The summed E-state index contributed by atoms with van der Waals surface area (Å²) in [5, 5.41) is 3.34. The van der Waals surface area contributed by atoms with E-state index in [2.05, 4.69) is 24.2 Å². The maximum atomic E-state index is 11.6. The Kier molecular flexibility index (Phi) is 3.73. The van der Waals surface area contributed by atoms with Crippen molar-refractivity contribution in [3.05, 3.63) is 0 Å². The molecule has 4 nitrogen and oxygen atoms in total. The van der Waals surface area contributed by atoms with Crippen molar-refractivity contribution in [1.82, 2.24) is 10.2 Å². The third kappa shape index (κ3) is 2.69. The Bertz CT molecular complexity index is 242. The van der Waals surface area contributed by atoms with Gasteiger partial charge < -0.3 is 16.0 Å². The second-order valence-corrected chi connectivity index (χ2v) is 5.03. The van der Waals surface area contributed by atoms with Gasteiger partial charge in [-0.05, 0) is 40.7 Å². The minimum atomic E-state index is -0.500. The molecule has 1 fully saturated rings. The highest BCUT2D eigenvalue weighted by Crippen LogP contribution is 2.26. The number of amides is 1. The van der Waals surface area contributed by atoms with E-state index >= 15 is 0 Å². The van der Waals surface area contributed by atoms with Crippen molar-refractivity contribution < 1.29 is 4.79 Å². The third-order valence-corrected chi connectivity index (χ3v) is 3.32. The summed E-state index contributed by atoms with van der Waals surface area (Å²) in [5.74, 6) is -0.212. The van der Waals surface area contributed by atoms with Gasteiger partial charge in [-0.1, -0.05) is 0 Å². The number of nitrogens with two attached hydrogens (primary N) is 1. The summed E-state index contributed by atoms with van der Waals surface area (Å²) in [7, 11) is 2.09. The molecule has 1 heterocycles. The summed E-state index contributed by atoms with van der Waals surface area (Å²) in [5.41, 5.74) is 5.04. The number of carbonyl (C=O) groups is 1. The van der Waals surface area contributed by atoms with Gasteiger partial charge in [-0.3, -0.25) is 4.79 Å². The molecule has 1 rings (SSSR count). The lowest BCUT2D eigenvalue weighted by Crippen LogP contribution is -2.63. The molecule has 88 valence electrons. The average Bonchev–Trinajstić information content (AvgIpc) is 2.10. The van der Waals surface area contributed by atoms with Crippen LogP contribution in [0.2, 0.25) is 0 Å². The molecule has 4 heteroatoms. The zero-order valence-corrected chi connectivity index (χ0v) is 10.2. The molecular weight excluding hydrogens is 190 g/mol. The highest BCUT2D eigenvalue weighted by molar-refractivity contribution is 5.85. The van der Waals surface area contributed by atoms with Crippen LogP contribution < -0.4 is 11.1 Å². The molecule has 0 radical (unpaired) electrons. The van der Waals surface area contributed by atoms with E-state index in [0.717, 1.165) is 19.4 Å². The van der Waals surface area contributed by atoms with Gasteiger partial charge in [0, 0.05) is 18.6 Å². The fourth-order valence-electron chi connectivity index (χ4n) is 2.33. The molecular formula is C11H23N3O. The molecule has 0 aliphatic carbocycles. The lowest BCUT2D eigenvalue weighted by molar-refractivity contribution is -0.127. The molecule has 3 N–H and O–H groups in total. The van der Waals surface area contributed by atoms with E-state index in [-0.39, 0.29) is 11.9 Å². The van der Waals surface area contributed by atoms with E-state index in [4.69, 9.17) is 5.73 Å². The van der Waals surface area contributed by atoms with Crippen molar-refractivity contribution in [3.63, 3.8) is 0 Å². The van der Waals surface area contributed by atoms with Gasteiger partial charge in [-0.25, -0.2) is 0 Å². The summed E-state index contributed by atoms with van der Waals surface area (Å²) in [6.45, 7) is 7.16. The van der Waals surface area contributed by atoms with E-state index in [1.54, 1.807) is 0 Å². The number of primary amides is 1. The van der Waals surface area contributed by atoms with Crippen LogP contribution in [0.3, 0.4) is 0 Å². The normalized spacial score (nSPS) is 33.3. The minimum absolute atomic E-state index is 0.212. The minimum Gasteiger partial charge on any atom is -0.368 e. The van der Waals surface area contributed by atoms with E-state index in [9.17, 15) is 4.79 Å². The summed E-state index contributed by atoms with van der Waals surface area (Å²) >= 11 is 0. The van der Waals surface area contributed by atoms with E-state index in [0.29, 0.717) is 6.04 Å². The number of nitrogens with zero attached hydrogens (tertiary/aromatic N) is 1. The van der Waals surface area contributed by atoms with Crippen molar-refractivity contribution in [2.75, 3.05) is 13.6 Å². The molecule has 0 aromatic carbocycles. The highest BCUT2D eigenvalue weighted by Gasteiger charge is 2.42. The van der Waals surface area contributed by atoms with Crippen molar-refractivity contribution in [2.45, 2.75) is 51.2 Å². The van der Waals surface area contributed by atoms with Crippen LogP contribution in [0.15, 0.2) is 0 Å². The maximum Gasteiger partial charge on any atom is 0.237 e. The van der Waals surface area contributed by atoms with Gasteiger partial charge in [-0.2, -0.15) is 0 Å². The number of piperidine rings is 1. The SMILES string of the molecule is CC(C)NC1(C(N)=O)CCN(C)C(C)C1. The summed E-state index contributed by atoms with van der Waals surface area (Å²) < 4.78 is 0. The van der Waals surface area contributed by atoms with Crippen molar-refractivity contribution in [2.24, 2.45) is 5.73 Å². The van der Waals surface area contributed by atoms with E-state index < -0.39 is 5.54 Å². The predicted octanol–water partition coefficient (Wildman–Crippen LogP) is 0.323. The molecule has 15 heavy (non-hydrogen) atoms. The molecule has 2 unspecified atom stereocenters. The summed E-state index contributed by atoms with van der Waals surface area (Å²) in [6, 6.07) is 0.686. The first kappa shape index (κ1) is 12.5. The predicted molar refractivity (Wildman–Crippen MR) is 61.5 cm³/mol. The first-order valence-corrected chi connectivity index (χ1v) is 5.65. The quantitative estimate of drug-likeness (QED) is 0.710. The standard InChI is InChI=1S/C11H23N3O/c1-8(2)13-11(10(12)15)5-6-14(4)9(3)7-11/h8-9,13H,5-7H2,1-4H3,(H2,12,15). The Morgan fingerprint density at radius 1 is 1.60 bits per heavy atom. The number of rotatable bonds is 3. The van der Waals surface area contributed by atoms with E-state index in [1.165, 1.54) is 0 Å². The van der Waals surface area contributed by atoms with Gasteiger partial charge in [0.15, 0.2) is 0 Å². The number of hydrogen-bond donors (Lipinski definition) is 2. The van der Waals surface area contributed by atoms with Crippen LogP contribution in [-0.2, 0) is 4.79 Å². The molecule has 1 aliphatic rings. The lowest BCUT2D eigenvalue weighted by Gasteiger charge is -2.43. The molecule has 1 amide bonds. The molecule has 0 spiro atoms. The first-order valence-electron chi connectivity index (χ1n) is 5.65. The van der Waals surface area contributed by atoms with Gasteiger partial charge in [0.1, 0.15) is 5.54 Å². The van der Waals surface area contributed by atoms with Gasteiger partial charge >= 0.3 is 0 Å². The van der Waals surface area contributed by atoms with E-state index in [1.807, 2.05) is 13.8 Å². The van der Waals surface area contributed by atoms with Crippen LogP contribution in [0.25, 0.3) is 0 Å². The van der Waals surface area contributed by atoms with Gasteiger partial charge in [0.25, 0.3) is 0 Å². The Hall–Kier alpha value is -0.610. The molecule has 0 aromatic heterocycles. The van der Waals surface area contributed by atoms with Crippen LogP contribution in [-0.4, -0.2) is 42.0 Å². The smallest absolute Gasteiger partial charge is 0.237 e. The Morgan fingerprint density at radius 3 is 2.60 bits per heavy atom. The van der Waals surface area contributed by atoms with Crippen LogP contribution in [0.1, 0.15) is 33.6 Å². The molecule has 0 bridgehead atoms. The van der Waals surface area contributed by atoms with Gasteiger partial charge in [0.2, 0.25) is 5.91 Å². The van der Waals surface area contributed by atoms with Crippen LogP contribution >= 0.6 is 0 Å². The fourth-order valence-corrected chi connectivity index (χ4v) is 2.33. The number of likely N-dealkylation sites (tertiary alicyclic amines) is 1. The molecule has 0 saturated carbocycles. The van der Waals surface area contributed by atoms with Crippen LogP contribution in [0, 0.1) is 0 Å². The number of hydrogen-bond acceptors (Lipinski definition) is 3. The summed E-state index contributed by atoms with van der Waals surface area (Å²) in [6.07, 6.45) is 1.61. The maximum absolute atomic E-state index is 11.6. The second kappa shape index (κ2) is 4.49. The first-order chi connectivity index (χ1) is 6.87. The van der Waals surface area contributed by atoms with Gasteiger partial charge in [0.05, 0.1) is 0 Å². The monoisotopic (exact) mass is 213 g/mol. The molecule has 2 atom stereocenters. The lowest BCUT2D eigenvalue weighted by atomic mass is 9.82. The Balaban J connectivity index is 2.79. The second-order valence-electron chi connectivity index (χ2n) is 5.03. The van der Waals surface area contributed by atoms with Crippen molar-refractivity contribution >= 4 is 5.91 Å². The highest BCUT2D eigenvalue weighted by atomic mass is 16.1. The zero-order chi connectivity index (χ0) is 11.6. The number of carbonyl (C=O) groups excluding carboxylic acids is 1. The molecule has 1 saturated heterocycles. The Morgan fingerprint density at radius 2 is 2.20 bits per heavy atom. The van der Waals surface area contributed by atoms with Crippen LogP contribution in [0.4, 0.5) is 0 Å².